The maximum atomic E-state index is 9.57. The van der Waals surface area contributed by atoms with Gasteiger partial charge in [-0.2, -0.15) is 25.8 Å². The van der Waals surface area contributed by atoms with Gasteiger partial charge in [0.25, 0.3) is 0 Å². The Kier molecular flexibility index (Phi) is 3.98. The molecule has 0 radical (unpaired) electrons. The minimum Gasteiger partial charge on any atom is -0.382 e. The molecule has 4 aromatic heterocycles. The molecule has 158 valence electrons. The van der Waals surface area contributed by atoms with Gasteiger partial charge in [-0.15, -0.1) is 0 Å². The van der Waals surface area contributed by atoms with Gasteiger partial charge in [0, 0.05) is 25.0 Å². The van der Waals surface area contributed by atoms with Crippen molar-refractivity contribution in [2.45, 2.75) is 25.3 Å². The van der Waals surface area contributed by atoms with E-state index in [9.17, 15) is 10.5 Å². The van der Waals surface area contributed by atoms with Crippen molar-refractivity contribution in [1.29, 1.82) is 10.5 Å². The monoisotopic (exact) mass is 424 g/mol. The second kappa shape index (κ2) is 6.53. The van der Waals surface area contributed by atoms with E-state index < -0.39 is 11.0 Å². The molecule has 0 saturated heterocycles. The molecule has 0 unspecified atom stereocenters. The van der Waals surface area contributed by atoms with Gasteiger partial charge in [-0.3, -0.25) is 9.36 Å². The van der Waals surface area contributed by atoms with E-state index in [2.05, 4.69) is 34.0 Å². The van der Waals surface area contributed by atoms with E-state index >= 15 is 0 Å². The average molecular weight is 424 g/mol. The van der Waals surface area contributed by atoms with Gasteiger partial charge in [-0.05, 0) is 25.8 Å². The van der Waals surface area contributed by atoms with E-state index in [4.69, 9.17) is 10.7 Å². The lowest BCUT2D eigenvalue weighted by Gasteiger charge is -2.50. The number of nitrogens with two attached hydrogens (primary N) is 1. The molecule has 32 heavy (non-hydrogen) atoms. The largest absolute Gasteiger partial charge is 0.382 e. The summed E-state index contributed by atoms with van der Waals surface area (Å²) in [6.45, 7) is 5.82. The second-order valence-electron chi connectivity index (χ2n) is 8.56. The average Bonchev–Trinajstić information content (AvgIpc) is 3.49. The molecular formula is C22H20N10. The predicted molar refractivity (Wildman–Crippen MR) is 117 cm³/mol. The molecule has 1 aliphatic carbocycles. The highest BCUT2D eigenvalue weighted by Crippen LogP contribution is 2.56. The van der Waals surface area contributed by atoms with Gasteiger partial charge in [0.1, 0.15) is 5.69 Å². The van der Waals surface area contributed by atoms with Crippen molar-refractivity contribution < 1.29 is 0 Å². The van der Waals surface area contributed by atoms with E-state index in [0.29, 0.717) is 35.4 Å². The fourth-order valence-corrected chi connectivity index (χ4v) is 4.54. The van der Waals surface area contributed by atoms with E-state index in [1.165, 1.54) is 0 Å². The zero-order chi connectivity index (χ0) is 22.7. The van der Waals surface area contributed by atoms with Gasteiger partial charge in [0.2, 0.25) is 0 Å². The first-order chi connectivity index (χ1) is 15.3. The molecule has 4 aromatic rings. The number of hydrogen-bond acceptors (Lipinski definition) is 7. The number of nitrogens with zero attached hydrogens (tertiary/aromatic N) is 9. The predicted octanol–water partition coefficient (Wildman–Crippen LogP) is 2.67. The normalized spacial score (nSPS) is 22.2. The van der Waals surface area contributed by atoms with Gasteiger partial charge in [-0.25, -0.2) is 9.50 Å². The standard InChI is InChI=1S/C22H20N10/c1-14(6-23)22(11-21(2,12-22)13-24)32-9-16(20(25)29-32)19-18-4-5-26-31(18)10-17(28-19)15-7-27-30(3)8-15/h4-5,7-10H,1,11-12H2,2-3H3,(H2,25,29). The third kappa shape index (κ3) is 2.70. The highest BCUT2D eigenvalue weighted by molar-refractivity contribution is 5.83. The van der Waals surface area contributed by atoms with Crippen molar-refractivity contribution in [2.24, 2.45) is 12.5 Å². The van der Waals surface area contributed by atoms with Crippen molar-refractivity contribution in [3.8, 4) is 34.7 Å². The van der Waals surface area contributed by atoms with Gasteiger partial charge in [-0.1, -0.05) is 6.58 Å². The number of hydrogen-bond donors (Lipinski definition) is 1. The van der Waals surface area contributed by atoms with Crippen LogP contribution in [0.1, 0.15) is 19.8 Å². The van der Waals surface area contributed by atoms with Crippen LogP contribution < -0.4 is 5.73 Å². The van der Waals surface area contributed by atoms with E-state index in [-0.39, 0.29) is 5.82 Å². The molecule has 0 atom stereocenters. The summed E-state index contributed by atoms with van der Waals surface area (Å²) < 4.78 is 5.12. The number of nitriles is 2. The highest BCUT2D eigenvalue weighted by atomic mass is 15.4. The molecule has 0 bridgehead atoms. The zero-order valence-corrected chi connectivity index (χ0v) is 17.7. The summed E-state index contributed by atoms with van der Waals surface area (Å²) >= 11 is 0. The molecule has 1 fully saturated rings. The maximum Gasteiger partial charge on any atom is 0.155 e. The topological polar surface area (TPSA) is 139 Å². The molecule has 5 rings (SSSR count). The smallest absolute Gasteiger partial charge is 0.155 e. The Morgan fingerprint density at radius 3 is 2.66 bits per heavy atom. The van der Waals surface area contributed by atoms with Crippen molar-refractivity contribution in [3.05, 3.63) is 49.2 Å². The van der Waals surface area contributed by atoms with Crippen LogP contribution in [0.2, 0.25) is 0 Å². The molecule has 0 amide bonds. The lowest BCUT2D eigenvalue weighted by Crippen LogP contribution is -2.52. The number of anilines is 1. The summed E-state index contributed by atoms with van der Waals surface area (Å²) in [6, 6.07) is 6.33. The number of allylic oxidation sites excluding steroid dienone is 1. The Morgan fingerprint density at radius 1 is 1.22 bits per heavy atom. The van der Waals surface area contributed by atoms with Crippen LogP contribution in [0, 0.1) is 28.1 Å². The van der Waals surface area contributed by atoms with Crippen LogP contribution in [0.3, 0.4) is 0 Å². The number of fused-ring (bicyclic) bond motifs is 1. The molecule has 0 spiro atoms. The lowest BCUT2D eigenvalue weighted by molar-refractivity contribution is 0.0538. The summed E-state index contributed by atoms with van der Waals surface area (Å²) in [5.41, 5.74) is 8.92. The van der Waals surface area contributed by atoms with Crippen LogP contribution in [-0.2, 0) is 12.6 Å². The van der Waals surface area contributed by atoms with E-state index in [0.717, 1.165) is 11.1 Å². The van der Waals surface area contributed by atoms with Crippen LogP contribution in [-0.4, -0.2) is 34.2 Å². The molecule has 1 saturated carbocycles. The SMILES string of the molecule is C=C(C#N)C1(n2cc(-c3nc(-c4cnn(C)c4)cn4nccc34)c(N)n2)CC(C)(C#N)C1. The van der Waals surface area contributed by atoms with Crippen molar-refractivity contribution in [3.63, 3.8) is 0 Å². The number of aryl methyl sites for hydroxylation is 1. The zero-order valence-electron chi connectivity index (χ0n) is 17.7. The van der Waals surface area contributed by atoms with E-state index in [1.54, 1.807) is 32.5 Å². The van der Waals surface area contributed by atoms with Crippen LogP contribution in [0.15, 0.2) is 49.2 Å². The quantitative estimate of drug-likeness (QED) is 0.497. The minimum absolute atomic E-state index is 0.277. The van der Waals surface area contributed by atoms with Crippen molar-refractivity contribution in [1.82, 2.24) is 34.2 Å². The summed E-state index contributed by atoms with van der Waals surface area (Å²) in [7, 11) is 1.84. The Bertz CT molecular complexity index is 1460. The summed E-state index contributed by atoms with van der Waals surface area (Å²) in [5, 5.41) is 32.2. The van der Waals surface area contributed by atoms with Crippen LogP contribution in [0.4, 0.5) is 5.82 Å². The molecule has 0 aliphatic heterocycles. The van der Waals surface area contributed by atoms with E-state index in [1.807, 2.05) is 32.4 Å². The number of aromatic nitrogens is 7. The molecule has 4 heterocycles. The molecule has 10 heteroatoms. The summed E-state index contributed by atoms with van der Waals surface area (Å²) in [4.78, 5) is 4.85. The third-order valence-corrected chi connectivity index (χ3v) is 6.16. The third-order valence-electron chi connectivity index (χ3n) is 6.16. The van der Waals surface area contributed by atoms with Crippen molar-refractivity contribution in [2.75, 3.05) is 5.73 Å². The summed E-state index contributed by atoms with van der Waals surface area (Å²) in [6.07, 6.45) is 9.80. The fourth-order valence-electron chi connectivity index (χ4n) is 4.54. The Morgan fingerprint density at radius 2 is 2.00 bits per heavy atom. The highest BCUT2D eigenvalue weighted by Gasteiger charge is 2.56. The summed E-state index contributed by atoms with van der Waals surface area (Å²) in [5.74, 6) is 0.277. The van der Waals surface area contributed by atoms with Crippen LogP contribution in [0.25, 0.3) is 28.0 Å². The van der Waals surface area contributed by atoms with Crippen LogP contribution in [0.5, 0.6) is 0 Å². The number of rotatable bonds is 4. The van der Waals surface area contributed by atoms with Crippen LogP contribution >= 0.6 is 0 Å². The molecule has 0 aromatic carbocycles. The van der Waals surface area contributed by atoms with Gasteiger partial charge in [0.15, 0.2) is 5.82 Å². The van der Waals surface area contributed by atoms with Crippen molar-refractivity contribution >= 4 is 11.3 Å². The maximum absolute atomic E-state index is 9.57. The molecule has 2 N–H and O–H groups in total. The fraction of sp³-hybridized carbons (Fsp3) is 0.273. The first-order valence-electron chi connectivity index (χ1n) is 9.99. The number of nitrogen functional groups attached to an aromatic ring is 1. The van der Waals surface area contributed by atoms with Gasteiger partial charge in [0.05, 0.1) is 64.0 Å². The Hall–Kier alpha value is -4.44. The molecule has 1 aliphatic rings. The molecule has 10 nitrogen and oxygen atoms in total. The first kappa shape index (κ1) is 19.5. The Labute approximate surface area is 183 Å². The lowest BCUT2D eigenvalue weighted by atomic mass is 9.56. The van der Waals surface area contributed by atoms with Gasteiger partial charge >= 0.3 is 0 Å². The Balaban J connectivity index is 1.66. The minimum atomic E-state index is -0.775. The van der Waals surface area contributed by atoms with Gasteiger partial charge < -0.3 is 5.73 Å². The molecular weight excluding hydrogens is 404 g/mol. The second-order valence-corrected chi connectivity index (χ2v) is 8.56. The first-order valence-corrected chi connectivity index (χ1v) is 9.99.